The molecule has 1 N–H and O–H groups in total. The van der Waals surface area contributed by atoms with E-state index in [1.54, 1.807) is 0 Å². The molecule has 0 aliphatic rings. The number of rotatable bonds is 7. The van der Waals surface area contributed by atoms with Crippen molar-refractivity contribution in [2.24, 2.45) is 0 Å². The van der Waals surface area contributed by atoms with Crippen molar-refractivity contribution in [2.75, 3.05) is 5.32 Å². The molecule has 0 aromatic heterocycles. The Balaban J connectivity index is 2.21. The fourth-order valence-corrected chi connectivity index (χ4v) is 2.73. The van der Waals surface area contributed by atoms with Crippen LogP contribution in [-0.2, 0) is 6.42 Å². The van der Waals surface area contributed by atoms with Crippen molar-refractivity contribution in [3.05, 3.63) is 77.9 Å². The molecule has 0 unspecified atom stereocenters. The minimum atomic E-state index is 0.623. The summed E-state index contributed by atoms with van der Waals surface area (Å²) in [5, 5.41) is 12.7. The molecule has 0 spiro atoms. The molecule has 0 amide bonds. The summed E-state index contributed by atoms with van der Waals surface area (Å²) in [5.41, 5.74) is 6.37. The molecule has 0 radical (unpaired) electrons. The van der Waals surface area contributed by atoms with Crippen LogP contribution < -0.4 is 5.32 Å². The molecule has 122 valence electrons. The maximum absolute atomic E-state index is 9.32. The van der Waals surface area contributed by atoms with Crippen LogP contribution in [0, 0.1) is 11.3 Å². The fourth-order valence-electron chi connectivity index (χ4n) is 2.73. The Morgan fingerprint density at radius 3 is 2.42 bits per heavy atom. The maximum atomic E-state index is 9.32. The fraction of sp³-hybridized carbons (Fsp3) is 0.227. The van der Waals surface area contributed by atoms with Crippen molar-refractivity contribution in [2.45, 2.75) is 33.1 Å². The van der Waals surface area contributed by atoms with Gasteiger partial charge in [-0.1, -0.05) is 50.8 Å². The highest BCUT2D eigenvalue weighted by Gasteiger charge is 2.11. The smallest absolute Gasteiger partial charge is 0.0998 e. The van der Waals surface area contributed by atoms with Crippen LogP contribution in [0.15, 0.2) is 55.6 Å². The highest BCUT2D eigenvalue weighted by Crippen LogP contribution is 2.28. The maximum Gasteiger partial charge on any atom is 0.0998 e. The summed E-state index contributed by atoms with van der Waals surface area (Å²) in [4.78, 5) is 0. The molecule has 0 fully saturated rings. The number of nitrogens with zero attached hydrogens (tertiary/aromatic N) is 1. The van der Waals surface area contributed by atoms with Crippen LogP contribution in [0.3, 0.4) is 0 Å². The first-order valence-electron chi connectivity index (χ1n) is 8.31. The van der Waals surface area contributed by atoms with Gasteiger partial charge < -0.3 is 5.32 Å². The first-order valence-corrected chi connectivity index (χ1v) is 8.31. The van der Waals surface area contributed by atoms with E-state index in [1.807, 2.05) is 25.1 Å². The molecule has 2 aromatic rings. The van der Waals surface area contributed by atoms with Crippen LogP contribution >= 0.6 is 0 Å². The number of hydrogen-bond acceptors (Lipinski definition) is 2. The monoisotopic (exact) mass is 316 g/mol. The van der Waals surface area contributed by atoms with Gasteiger partial charge in [-0.3, -0.25) is 0 Å². The molecular formula is C22H24N2. The quantitative estimate of drug-likeness (QED) is 0.678. The number of benzene rings is 2. The zero-order valence-corrected chi connectivity index (χ0v) is 14.5. The van der Waals surface area contributed by atoms with Gasteiger partial charge in [0.1, 0.15) is 0 Å². The molecule has 0 saturated heterocycles. The predicted octanol–water partition coefficient (Wildman–Crippen LogP) is 6.02. The van der Waals surface area contributed by atoms with E-state index >= 15 is 0 Å². The number of aryl methyl sites for hydroxylation is 1. The molecule has 0 atom stereocenters. The Hall–Kier alpha value is -2.79. The molecule has 0 bridgehead atoms. The number of unbranched alkanes of at least 4 members (excludes halogenated alkanes) is 1. The van der Waals surface area contributed by atoms with E-state index in [-0.39, 0.29) is 0 Å². The second-order valence-corrected chi connectivity index (χ2v) is 6.02. The van der Waals surface area contributed by atoms with E-state index in [1.165, 1.54) is 18.4 Å². The molecular weight excluding hydrogens is 292 g/mol. The lowest BCUT2D eigenvalue weighted by Gasteiger charge is -2.15. The van der Waals surface area contributed by atoms with Gasteiger partial charge in [-0.25, -0.2) is 0 Å². The second-order valence-electron chi connectivity index (χ2n) is 6.02. The number of nitriles is 1. The average Bonchev–Trinajstić information content (AvgIpc) is 2.60. The zero-order chi connectivity index (χ0) is 17.5. The normalized spacial score (nSPS) is 10.0. The van der Waals surface area contributed by atoms with Crippen molar-refractivity contribution in [3.8, 4) is 6.07 Å². The van der Waals surface area contributed by atoms with Crippen molar-refractivity contribution in [3.63, 3.8) is 0 Å². The lowest BCUT2D eigenvalue weighted by molar-refractivity contribution is 0.795. The van der Waals surface area contributed by atoms with E-state index in [0.717, 1.165) is 34.5 Å². The molecule has 2 aromatic carbocycles. The van der Waals surface area contributed by atoms with E-state index in [0.29, 0.717) is 5.56 Å². The summed E-state index contributed by atoms with van der Waals surface area (Å²) in [6, 6.07) is 16.3. The third kappa shape index (κ3) is 4.14. The third-order valence-corrected chi connectivity index (χ3v) is 4.00. The topological polar surface area (TPSA) is 35.8 Å². The van der Waals surface area contributed by atoms with E-state index in [2.05, 4.69) is 55.7 Å². The van der Waals surface area contributed by atoms with Gasteiger partial charge in [0.05, 0.1) is 11.6 Å². The SMILES string of the molecule is C=C(Nc1ccc(CCCC)cc1)c1cccc(C#N)c1C(=C)C. The molecule has 0 aliphatic carbocycles. The third-order valence-electron chi connectivity index (χ3n) is 4.00. The van der Waals surface area contributed by atoms with Crippen LogP contribution in [0.1, 0.15) is 48.9 Å². The number of allylic oxidation sites excluding steroid dienone is 1. The lowest BCUT2D eigenvalue weighted by Crippen LogP contribution is -2.02. The Kier molecular flexibility index (Phi) is 5.98. The van der Waals surface area contributed by atoms with Gasteiger partial charge in [-0.05, 0) is 49.1 Å². The van der Waals surface area contributed by atoms with Crippen LogP contribution in [0.5, 0.6) is 0 Å². The van der Waals surface area contributed by atoms with Gasteiger partial charge in [-0.2, -0.15) is 5.26 Å². The lowest BCUT2D eigenvalue weighted by atomic mass is 9.95. The van der Waals surface area contributed by atoms with Gasteiger partial charge in [0.25, 0.3) is 0 Å². The van der Waals surface area contributed by atoms with E-state index in [9.17, 15) is 5.26 Å². The molecule has 2 rings (SSSR count). The van der Waals surface area contributed by atoms with Gasteiger partial charge in [0.15, 0.2) is 0 Å². The largest absolute Gasteiger partial charge is 0.356 e. The van der Waals surface area contributed by atoms with Crippen LogP contribution in [0.2, 0.25) is 0 Å². The minimum absolute atomic E-state index is 0.623. The minimum Gasteiger partial charge on any atom is -0.356 e. The number of nitrogens with one attached hydrogen (secondary N) is 1. The summed E-state index contributed by atoms with van der Waals surface area (Å²) in [5.74, 6) is 0. The highest BCUT2D eigenvalue weighted by atomic mass is 14.9. The summed E-state index contributed by atoms with van der Waals surface area (Å²) in [6.07, 6.45) is 3.53. The summed E-state index contributed by atoms with van der Waals surface area (Å²) in [7, 11) is 0. The number of hydrogen-bond donors (Lipinski definition) is 1. The van der Waals surface area contributed by atoms with Crippen molar-refractivity contribution < 1.29 is 0 Å². The molecule has 0 saturated carbocycles. The molecule has 24 heavy (non-hydrogen) atoms. The molecule has 2 heteroatoms. The zero-order valence-electron chi connectivity index (χ0n) is 14.5. The van der Waals surface area contributed by atoms with Gasteiger partial charge in [0, 0.05) is 22.5 Å². The standard InChI is InChI=1S/C22H24N2/c1-5-6-8-18-11-13-20(14-12-18)24-17(4)21-10-7-9-19(15-23)22(21)16(2)3/h7,9-14,24H,2,4-6,8H2,1,3H3. The van der Waals surface area contributed by atoms with E-state index < -0.39 is 0 Å². The van der Waals surface area contributed by atoms with Gasteiger partial charge in [-0.15, -0.1) is 0 Å². The summed E-state index contributed by atoms with van der Waals surface area (Å²) in [6.45, 7) is 12.3. The molecule has 2 nitrogen and oxygen atoms in total. The van der Waals surface area contributed by atoms with Gasteiger partial charge >= 0.3 is 0 Å². The van der Waals surface area contributed by atoms with Crippen LogP contribution in [0.4, 0.5) is 5.69 Å². The molecule has 0 heterocycles. The average molecular weight is 316 g/mol. The van der Waals surface area contributed by atoms with Crippen LogP contribution in [-0.4, -0.2) is 0 Å². The number of anilines is 1. The first kappa shape index (κ1) is 17.6. The van der Waals surface area contributed by atoms with Crippen molar-refractivity contribution in [1.29, 1.82) is 5.26 Å². The Morgan fingerprint density at radius 1 is 1.12 bits per heavy atom. The Labute approximate surface area is 145 Å². The Morgan fingerprint density at radius 2 is 1.83 bits per heavy atom. The first-order chi connectivity index (χ1) is 11.6. The summed E-state index contributed by atoms with van der Waals surface area (Å²) < 4.78 is 0. The van der Waals surface area contributed by atoms with Gasteiger partial charge in [0.2, 0.25) is 0 Å². The predicted molar refractivity (Wildman–Crippen MR) is 104 cm³/mol. The highest BCUT2D eigenvalue weighted by molar-refractivity contribution is 5.85. The second kappa shape index (κ2) is 8.17. The summed E-state index contributed by atoms with van der Waals surface area (Å²) >= 11 is 0. The molecule has 0 aliphatic heterocycles. The Bertz CT molecular complexity index is 777. The van der Waals surface area contributed by atoms with Crippen molar-refractivity contribution in [1.82, 2.24) is 0 Å². The van der Waals surface area contributed by atoms with Crippen molar-refractivity contribution >= 4 is 17.0 Å². The van der Waals surface area contributed by atoms with Crippen LogP contribution in [0.25, 0.3) is 11.3 Å². The van der Waals surface area contributed by atoms with E-state index in [4.69, 9.17) is 0 Å².